The molecule has 1 aliphatic heterocycles. The fourth-order valence-electron chi connectivity index (χ4n) is 4.24. The molecule has 30 heavy (non-hydrogen) atoms. The van der Waals surface area contributed by atoms with E-state index >= 15 is 0 Å². The van der Waals surface area contributed by atoms with Crippen molar-refractivity contribution >= 4 is 27.8 Å². The summed E-state index contributed by atoms with van der Waals surface area (Å²) in [5.74, 6) is 1.92. The second-order valence-electron chi connectivity index (χ2n) is 7.73. The average molecular weight is 406 g/mol. The van der Waals surface area contributed by atoms with Crippen molar-refractivity contribution in [3.63, 3.8) is 0 Å². The number of aromatic nitrogens is 5. The maximum Gasteiger partial charge on any atom is 0.186 e. The van der Waals surface area contributed by atoms with Gasteiger partial charge in [-0.25, -0.2) is 9.97 Å². The molecule has 0 radical (unpaired) electrons. The molecule has 0 amide bonds. The van der Waals surface area contributed by atoms with Gasteiger partial charge in [0.05, 0.1) is 17.5 Å². The minimum Gasteiger partial charge on any atom is -0.490 e. The second-order valence-corrected chi connectivity index (χ2v) is 7.73. The summed E-state index contributed by atoms with van der Waals surface area (Å²) in [7, 11) is 3.64. The number of aryl methyl sites for hydroxylation is 1. The van der Waals surface area contributed by atoms with Crippen molar-refractivity contribution in [1.82, 2.24) is 24.3 Å². The number of ether oxygens (including phenoxy) is 2. The van der Waals surface area contributed by atoms with Gasteiger partial charge < -0.3 is 18.9 Å². The predicted octanol–water partition coefficient (Wildman–Crippen LogP) is 3.01. The third-order valence-corrected chi connectivity index (χ3v) is 5.76. The molecule has 0 aliphatic carbocycles. The van der Waals surface area contributed by atoms with Gasteiger partial charge in [-0.05, 0) is 18.2 Å². The number of rotatable bonds is 6. The van der Waals surface area contributed by atoms with E-state index in [9.17, 15) is 0 Å². The number of benzene rings is 1. The Morgan fingerprint density at radius 1 is 1.10 bits per heavy atom. The van der Waals surface area contributed by atoms with Gasteiger partial charge in [0.15, 0.2) is 5.65 Å². The van der Waals surface area contributed by atoms with Crippen molar-refractivity contribution in [3.8, 4) is 5.75 Å². The fraction of sp³-hybridized carbons (Fsp3) is 0.409. The molecule has 0 spiro atoms. The highest BCUT2D eigenvalue weighted by atomic mass is 16.5. The van der Waals surface area contributed by atoms with Crippen LogP contribution in [0.25, 0.3) is 21.9 Å². The van der Waals surface area contributed by atoms with E-state index < -0.39 is 0 Å². The molecular formula is C22H26N6O2. The first-order valence-corrected chi connectivity index (χ1v) is 10.4. The minimum absolute atomic E-state index is 0.195. The van der Waals surface area contributed by atoms with Gasteiger partial charge in [-0.1, -0.05) is 6.07 Å². The van der Waals surface area contributed by atoms with E-state index in [0.29, 0.717) is 6.61 Å². The Morgan fingerprint density at radius 2 is 1.97 bits per heavy atom. The number of fused-ring (bicyclic) bond motifs is 2. The van der Waals surface area contributed by atoms with Crippen LogP contribution in [0, 0.1) is 0 Å². The van der Waals surface area contributed by atoms with Crippen LogP contribution in [0.1, 0.15) is 12.8 Å². The molecule has 1 aliphatic rings. The molecule has 4 aromatic rings. The summed E-state index contributed by atoms with van der Waals surface area (Å²) in [6.07, 6.45) is 7.79. The summed E-state index contributed by atoms with van der Waals surface area (Å²) in [5, 5.41) is 6.55. The van der Waals surface area contributed by atoms with Gasteiger partial charge in [0.25, 0.3) is 0 Å². The van der Waals surface area contributed by atoms with E-state index in [-0.39, 0.29) is 6.10 Å². The van der Waals surface area contributed by atoms with Crippen LogP contribution in [-0.4, -0.2) is 57.2 Å². The number of hydrogen-bond donors (Lipinski definition) is 0. The SMILES string of the molecule is COCCn1ccc2c(OC3CCN(c4ncnc5nn(C)cc45)CC3)cccc21. The summed E-state index contributed by atoms with van der Waals surface area (Å²) in [6, 6.07) is 8.40. The molecule has 0 atom stereocenters. The van der Waals surface area contributed by atoms with Gasteiger partial charge in [0.2, 0.25) is 0 Å². The molecule has 0 bridgehead atoms. The largest absolute Gasteiger partial charge is 0.490 e. The summed E-state index contributed by atoms with van der Waals surface area (Å²) >= 11 is 0. The minimum atomic E-state index is 0.195. The van der Waals surface area contributed by atoms with Crippen LogP contribution in [0.5, 0.6) is 5.75 Å². The summed E-state index contributed by atoms with van der Waals surface area (Å²) in [6.45, 7) is 3.33. The first-order chi connectivity index (χ1) is 14.7. The quantitative estimate of drug-likeness (QED) is 0.490. The molecule has 1 fully saturated rings. The molecule has 0 unspecified atom stereocenters. The van der Waals surface area contributed by atoms with Crippen molar-refractivity contribution in [2.45, 2.75) is 25.5 Å². The summed E-state index contributed by atoms with van der Waals surface area (Å²) in [5.41, 5.74) is 1.92. The van der Waals surface area contributed by atoms with Crippen LogP contribution in [0.4, 0.5) is 5.82 Å². The molecule has 156 valence electrons. The molecule has 4 heterocycles. The van der Waals surface area contributed by atoms with Crippen LogP contribution < -0.4 is 9.64 Å². The van der Waals surface area contributed by atoms with Gasteiger partial charge in [0.1, 0.15) is 24.0 Å². The highest BCUT2D eigenvalue weighted by Crippen LogP contribution is 2.30. The zero-order valence-electron chi connectivity index (χ0n) is 17.4. The van der Waals surface area contributed by atoms with E-state index in [1.165, 1.54) is 5.52 Å². The van der Waals surface area contributed by atoms with E-state index in [0.717, 1.165) is 60.5 Å². The van der Waals surface area contributed by atoms with Crippen molar-refractivity contribution in [3.05, 3.63) is 43.0 Å². The lowest BCUT2D eigenvalue weighted by Crippen LogP contribution is -2.38. The average Bonchev–Trinajstić information content (AvgIpc) is 3.35. The Hall–Kier alpha value is -3.13. The Bertz CT molecular complexity index is 1160. The Kier molecular flexibility index (Phi) is 5.00. The smallest absolute Gasteiger partial charge is 0.186 e. The van der Waals surface area contributed by atoms with Crippen molar-refractivity contribution in [2.24, 2.45) is 7.05 Å². The highest BCUT2D eigenvalue weighted by molar-refractivity contribution is 5.87. The zero-order valence-corrected chi connectivity index (χ0v) is 17.4. The Labute approximate surface area is 175 Å². The lowest BCUT2D eigenvalue weighted by molar-refractivity contribution is 0.173. The van der Waals surface area contributed by atoms with Crippen molar-refractivity contribution in [1.29, 1.82) is 0 Å². The van der Waals surface area contributed by atoms with Crippen molar-refractivity contribution in [2.75, 3.05) is 31.7 Å². The lowest BCUT2D eigenvalue weighted by atomic mass is 10.1. The van der Waals surface area contributed by atoms with Gasteiger partial charge in [-0.2, -0.15) is 5.10 Å². The van der Waals surface area contributed by atoms with Crippen molar-refractivity contribution < 1.29 is 9.47 Å². The van der Waals surface area contributed by atoms with Crippen LogP contribution in [0.2, 0.25) is 0 Å². The Balaban J connectivity index is 1.29. The maximum atomic E-state index is 6.44. The monoisotopic (exact) mass is 406 g/mol. The molecule has 1 saturated heterocycles. The first kappa shape index (κ1) is 18.9. The highest BCUT2D eigenvalue weighted by Gasteiger charge is 2.24. The topological polar surface area (TPSA) is 70.2 Å². The molecule has 0 saturated carbocycles. The molecule has 1 aromatic carbocycles. The number of methoxy groups -OCH3 is 1. The number of anilines is 1. The van der Waals surface area contributed by atoms with Crippen LogP contribution in [0.3, 0.4) is 0 Å². The molecular weight excluding hydrogens is 380 g/mol. The van der Waals surface area contributed by atoms with Gasteiger partial charge in [-0.3, -0.25) is 4.68 Å². The lowest BCUT2D eigenvalue weighted by Gasteiger charge is -2.33. The molecule has 8 nitrogen and oxygen atoms in total. The molecule has 5 rings (SSSR count). The summed E-state index contributed by atoms with van der Waals surface area (Å²) in [4.78, 5) is 11.1. The number of piperidine rings is 1. The first-order valence-electron chi connectivity index (χ1n) is 10.4. The molecule has 8 heteroatoms. The molecule has 0 N–H and O–H groups in total. The van der Waals surface area contributed by atoms with E-state index in [2.05, 4.69) is 55.0 Å². The second kappa shape index (κ2) is 7.95. The Morgan fingerprint density at radius 3 is 2.80 bits per heavy atom. The molecule has 3 aromatic heterocycles. The van der Waals surface area contributed by atoms with Gasteiger partial charge in [-0.15, -0.1) is 0 Å². The van der Waals surface area contributed by atoms with E-state index in [4.69, 9.17) is 9.47 Å². The number of nitrogens with zero attached hydrogens (tertiary/aromatic N) is 6. The number of hydrogen-bond acceptors (Lipinski definition) is 6. The third-order valence-electron chi connectivity index (χ3n) is 5.76. The van der Waals surface area contributed by atoms with Gasteiger partial charge >= 0.3 is 0 Å². The van der Waals surface area contributed by atoms with Crippen LogP contribution in [-0.2, 0) is 18.3 Å². The van der Waals surface area contributed by atoms with Crippen LogP contribution >= 0.6 is 0 Å². The normalized spacial score (nSPS) is 15.3. The van der Waals surface area contributed by atoms with E-state index in [1.54, 1.807) is 18.1 Å². The van der Waals surface area contributed by atoms with E-state index in [1.807, 2.05) is 13.2 Å². The summed E-state index contributed by atoms with van der Waals surface area (Å²) < 4.78 is 15.7. The van der Waals surface area contributed by atoms with Crippen LogP contribution in [0.15, 0.2) is 43.0 Å². The third kappa shape index (κ3) is 3.47. The standard InChI is InChI=1S/C22H26N6O2/c1-26-14-18-21(25-26)23-15-24-22(18)28-9-6-16(7-10-28)30-20-5-3-4-19-17(20)8-11-27(19)12-13-29-2/h3-5,8,11,14-16H,6-7,9-10,12-13H2,1-2H3. The maximum absolute atomic E-state index is 6.44. The fourth-order valence-corrected chi connectivity index (χ4v) is 4.24. The predicted molar refractivity (Wildman–Crippen MR) is 116 cm³/mol. The van der Waals surface area contributed by atoms with Gasteiger partial charge in [0, 0.05) is 64.4 Å². The zero-order chi connectivity index (χ0) is 20.5.